The summed E-state index contributed by atoms with van der Waals surface area (Å²) in [6, 6.07) is 14.9. The number of carboxylic acid groups (broad SMARTS) is 1. The molecule has 1 aromatic heterocycles. The fourth-order valence-corrected chi connectivity index (χ4v) is 5.62. The zero-order valence-corrected chi connectivity index (χ0v) is 21.5. The third-order valence-electron chi connectivity index (χ3n) is 7.72. The van der Waals surface area contributed by atoms with Gasteiger partial charge in [0.2, 0.25) is 17.6 Å². The molecule has 2 fully saturated rings. The molecule has 40 heavy (non-hydrogen) atoms. The van der Waals surface area contributed by atoms with E-state index in [0.717, 1.165) is 12.0 Å². The van der Waals surface area contributed by atoms with E-state index in [1.165, 1.54) is 12.1 Å². The number of oxazole rings is 1. The molecule has 210 valence electrons. The molecule has 11 heteroatoms. The smallest absolute Gasteiger partial charge is 0.452 e. The Morgan fingerprint density at radius 2 is 1.57 bits per heavy atom. The second-order valence-electron chi connectivity index (χ2n) is 10.2. The standard InChI is InChI=1S/C29H28F3N3O5/c30-29(31,32)24-23(34-26(40-24)19-5-2-1-3-6-19)25(36)33-20-11-9-17(10-12-20)18-13-15-35(16-14-18)27(37)21-7-4-8-22(21)28(38)39/h1-3,5-6,9-12,18,21-22H,4,7-8,13-16H2,(H,33,36)(H,38,39)/t21?,22-/m0/s1. The predicted molar refractivity (Wildman–Crippen MR) is 138 cm³/mol. The summed E-state index contributed by atoms with van der Waals surface area (Å²) in [7, 11) is 0. The van der Waals surface area contributed by atoms with E-state index >= 15 is 0 Å². The number of piperidine rings is 1. The number of rotatable bonds is 6. The van der Waals surface area contributed by atoms with Gasteiger partial charge in [0.1, 0.15) is 0 Å². The fourth-order valence-electron chi connectivity index (χ4n) is 5.62. The second kappa shape index (κ2) is 11.1. The van der Waals surface area contributed by atoms with Gasteiger partial charge >= 0.3 is 12.1 Å². The maximum absolute atomic E-state index is 13.6. The molecule has 1 saturated heterocycles. The highest BCUT2D eigenvalue weighted by Crippen LogP contribution is 2.37. The van der Waals surface area contributed by atoms with Crippen LogP contribution in [0.3, 0.4) is 0 Å². The van der Waals surface area contributed by atoms with Crippen molar-refractivity contribution in [2.75, 3.05) is 18.4 Å². The monoisotopic (exact) mass is 555 g/mol. The molecule has 0 radical (unpaired) electrons. The number of hydrogen-bond acceptors (Lipinski definition) is 5. The van der Waals surface area contributed by atoms with Gasteiger partial charge in [0, 0.05) is 24.3 Å². The minimum absolute atomic E-state index is 0.0806. The van der Waals surface area contributed by atoms with Crippen LogP contribution in [0, 0.1) is 11.8 Å². The van der Waals surface area contributed by atoms with Gasteiger partial charge in [0.15, 0.2) is 5.69 Å². The number of nitrogens with one attached hydrogen (secondary N) is 1. The summed E-state index contributed by atoms with van der Waals surface area (Å²) in [4.78, 5) is 42.8. The number of nitrogens with zero attached hydrogens (tertiary/aromatic N) is 2. The van der Waals surface area contributed by atoms with Crippen molar-refractivity contribution in [1.29, 1.82) is 0 Å². The molecule has 1 saturated carbocycles. The SMILES string of the molecule is O=C(Nc1ccc(C2CCN(C(=O)C3CCC[C@@H]3C(=O)O)CC2)cc1)c1nc(-c2ccccc2)oc1C(F)(F)F. The topological polar surface area (TPSA) is 113 Å². The summed E-state index contributed by atoms with van der Waals surface area (Å²) >= 11 is 0. The van der Waals surface area contributed by atoms with Crippen LogP contribution in [0.5, 0.6) is 0 Å². The minimum atomic E-state index is -4.90. The van der Waals surface area contributed by atoms with E-state index in [0.29, 0.717) is 50.0 Å². The lowest BCUT2D eigenvalue weighted by molar-refractivity contribution is -0.153. The van der Waals surface area contributed by atoms with Gasteiger partial charge in [-0.25, -0.2) is 4.98 Å². The molecule has 1 aliphatic carbocycles. The van der Waals surface area contributed by atoms with Crippen LogP contribution in [0.1, 0.15) is 59.8 Å². The van der Waals surface area contributed by atoms with Crippen molar-refractivity contribution in [2.45, 2.75) is 44.2 Å². The highest BCUT2D eigenvalue weighted by atomic mass is 19.4. The molecule has 0 spiro atoms. The van der Waals surface area contributed by atoms with Gasteiger partial charge in [-0.15, -0.1) is 0 Å². The molecule has 2 heterocycles. The van der Waals surface area contributed by atoms with Crippen LogP contribution < -0.4 is 5.32 Å². The van der Waals surface area contributed by atoms with Crippen molar-refractivity contribution in [3.63, 3.8) is 0 Å². The molecule has 5 rings (SSSR count). The predicted octanol–water partition coefficient (Wildman–Crippen LogP) is 5.82. The van der Waals surface area contributed by atoms with Crippen molar-refractivity contribution < 1.29 is 37.1 Å². The van der Waals surface area contributed by atoms with E-state index in [4.69, 9.17) is 4.42 Å². The van der Waals surface area contributed by atoms with Crippen LogP contribution >= 0.6 is 0 Å². The Hall–Kier alpha value is -4.15. The lowest BCUT2D eigenvalue weighted by atomic mass is 9.88. The van der Waals surface area contributed by atoms with Gasteiger partial charge in [-0.1, -0.05) is 36.8 Å². The third-order valence-corrected chi connectivity index (χ3v) is 7.72. The molecule has 2 atom stereocenters. The van der Waals surface area contributed by atoms with E-state index < -0.39 is 41.3 Å². The average Bonchev–Trinajstić information content (AvgIpc) is 3.62. The van der Waals surface area contributed by atoms with E-state index in [1.807, 2.05) is 0 Å². The zero-order chi connectivity index (χ0) is 28.4. The Bertz CT molecular complexity index is 1380. The summed E-state index contributed by atoms with van der Waals surface area (Å²) in [6.45, 7) is 1.06. The number of benzene rings is 2. The summed E-state index contributed by atoms with van der Waals surface area (Å²) in [5, 5.41) is 11.9. The summed E-state index contributed by atoms with van der Waals surface area (Å²) in [5.41, 5.74) is 0.756. The maximum atomic E-state index is 13.6. The fraction of sp³-hybridized carbons (Fsp3) is 0.379. The number of hydrogen-bond donors (Lipinski definition) is 2. The molecular weight excluding hydrogens is 527 g/mol. The molecule has 3 aromatic rings. The molecule has 0 bridgehead atoms. The van der Waals surface area contributed by atoms with Crippen molar-refractivity contribution in [3.05, 3.63) is 71.6 Å². The highest BCUT2D eigenvalue weighted by Gasteiger charge is 2.42. The van der Waals surface area contributed by atoms with Crippen molar-refractivity contribution in [3.8, 4) is 11.5 Å². The zero-order valence-electron chi connectivity index (χ0n) is 21.5. The Kier molecular flexibility index (Phi) is 7.64. The first kappa shape index (κ1) is 27.4. The van der Waals surface area contributed by atoms with Crippen molar-refractivity contribution in [1.82, 2.24) is 9.88 Å². The molecule has 1 aliphatic heterocycles. The van der Waals surface area contributed by atoms with Crippen molar-refractivity contribution >= 4 is 23.5 Å². The Balaban J connectivity index is 1.22. The van der Waals surface area contributed by atoms with Gasteiger partial charge < -0.3 is 19.7 Å². The number of carbonyl (C=O) groups excluding carboxylic acids is 2. The van der Waals surface area contributed by atoms with Crippen LogP contribution in [0.15, 0.2) is 59.0 Å². The van der Waals surface area contributed by atoms with Crippen molar-refractivity contribution in [2.24, 2.45) is 11.8 Å². The minimum Gasteiger partial charge on any atom is -0.481 e. The van der Waals surface area contributed by atoms with E-state index in [9.17, 15) is 32.7 Å². The van der Waals surface area contributed by atoms with E-state index in [2.05, 4.69) is 10.3 Å². The Morgan fingerprint density at radius 1 is 0.925 bits per heavy atom. The molecule has 8 nitrogen and oxygen atoms in total. The van der Waals surface area contributed by atoms with Crippen LogP contribution in [0.25, 0.3) is 11.5 Å². The van der Waals surface area contributed by atoms with E-state index in [1.54, 1.807) is 47.4 Å². The Labute approximate surface area is 228 Å². The third kappa shape index (κ3) is 5.73. The number of likely N-dealkylation sites (tertiary alicyclic amines) is 1. The first-order chi connectivity index (χ1) is 19.1. The first-order valence-electron chi connectivity index (χ1n) is 13.2. The van der Waals surface area contributed by atoms with Crippen LogP contribution in [-0.4, -0.2) is 45.9 Å². The molecule has 2 aliphatic rings. The largest absolute Gasteiger partial charge is 0.481 e. The van der Waals surface area contributed by atoms with Gasteiger partial charge in [0.25, 0.3) is 5.91 Å². The lowest BCUT2D eigenvalue weighted by Gasteiger charge is -2.34. The highest BCUT2D eigenvalue weighted by molar-refractivity contribution is 6.04. The molecule has 1 unspecified atom stereocenters. The van der Waals surface area contributed by atoms with Gasteiger partial charge in [-0.05, 0) is 61.4 Å². The van der Waals surface area contributed by atoms with Crippen LogP contribution in [0.2, 0.25) is 0 Å². The summed E-state index contributed by atoms with van der Waals surface area (Å²) in [5.74, 6) is -4.70. The summed E-state index contributed by atoms with van der Waals surface area (Å²) < 4.78 is 45.7. The molecule has 2 N–H and O–H groups in total. The van der Waals surface area contributed by atoms with Gasteiger partial charge in [-0.2, -0.15) is 13.2 Å². The molecule has 2 aromatic carbocycles. The van der Waals surface area contributed by atoms with Crippen LogP contribution in [-0.2, 0) is 15.8 Å². The lowest BCUT2D eigenvalue weighted by Crippen LogP contribution is -2.43. The first-order valence-corrected chi connectivity index (χ1v) is 13.2. The summed E-state index contributed by atoms with van der Waals surface area (Å²) in [6.07, 6.45) is -1.60. The number of anilines is 1. The number of carboxylic acids is 1. The van der Waals surface area contributed by atoms with Crippen LogP contribution in [0.4, 0.5) is 18.9 Å². The maximum Gasteiger partial charge on any atom is 0.452 e. The number of alkyl halides is 3. The molecule has 2 amide bonds. The van der Waals surface area contributed by atoms with E-state index in [-0.39, 0.29) is 17.7 Å². The second-order valence-corrected chi connectivity index (χ2v) is 10.2. The van der Waals surface area contributed by atoms with Gasteiger partial charge in [0.05, 0.1) is 11.8 Å². The Morgan fingerprint density at radius 3 is 2.20 bits per heavy atom. The average molecular weight is 556 g/mol. The molecular formula is C29H28F3N3O5. The number of aromatic nitrogens is 1. The number of amides is 2. The number of carbonyl (C=O) groups is 3. The van der Waals surface area contributed by atoms with Gasteiger partial charge in [-0.3, -0.25) is 14.4 Å². The normalized spacial score (nSPS) is 19.9. The number of halogens is 3. The quantitative estimate of drug-likeness (QED) is 0.396. The number of aliphatic carboxylic acids is 1.